The van der Waals surface area contributed by atoms with E-state index < -0.39 is 0 Å². The summed E-state index contributed by atoms with van der Waals surface area (Å²) < 4.78 is 5.67. The van der Waals surface area contributed by atoms with Crippen LogP contribution in [0.2, 0.25) is 0 Å². The second-order valence-electron chi connectivity index (χ2n) is 7.75. The minimum atomic E-state index is -0.00143. The van der Waals surface area contributed by atoms with Gasteiger partial charge in [-0.15, -0.1) is 0 Å². The van der Waals surface area contributed by atoms with Crippen LogP contribution in [-0.4, -0.2) is 54.0 Å². The van der Waals surface area contributed by atoms with Crippen molar-refractivity contribution in [2.24, 2.45) is 5.92 Å². The Balaban J connectivity index is 1.34. The van der Waals surface area contributed by atoms with Crippen LogP contribution in [0.1, 0.15) is 31.2 Å². The molecular formula is C22H27N3O3. The fourth-order valence-corrected chi connectivity index (χ4v) is 4.19. The minimum Gasteiger partial charge on any atom is -0.379 e. The van der Waals surface area contributed by atoms with Crippen molar-refractivity contribution in [3.05, 3.63) is 42.1 Å². The molecule has 2 fully saturated rings. The van der Waals surface area contributed by atoms with Crippen molar-refractivity contribution >= 4 is 22.7 Å². The Morgan fingerprint density at radius 3 is 3.00 bits per heavy atom. The van der Waals surface area contributed by atoms with Crippen LogP contribution >= 0.6 is 0 Å². The fraction of sp³-hybridized carbons (Fsp3) is 0.500. The third kappa shape index (κ3) is 4.33. The summed E-state index contributed by atoms with van der Waals surface area (Å²) in [7, 11) is 0. The molecule has 0 saturated carbocycles. The number of amides is 2. The maximum Gasteiger partial charge on any atom is 0.222 e. The molecule has 6 heteroatoms. The molecule has 2 aliphatic heterocycles. The molecule has 0 radical (unpaired) electrons. The average Bonchev–Trinajstić information content (AvgIpc) is 3.14. The number of hydrogen-bond acceptors (Lipinski definition) is 4. The quantitative estimate of drug-likeness (QED) is 0.834. The molecule has 0 unspecified atom stereocenters. The molecule has 1 aromatic heterocycles. The fourth-order valence-electron chi connectivity index (χ4n) is 4.19. The lowest BCUT2D eigenvalue weighted by Crippen LogP contribution is -2.43. The first-order valence-electron chi connectivity index (χ1n) is 10.2. The van der Waals surface area contributed by atoms with Gasteiger partial charge in [0, 0.05) is 43.4 Å². The minimum absolute atomic E-state index is 0.00143. The summed E-state index contributed by atoms with van der Waals surface area (Å²) >= 11 is 0. The van der Waals surface area contributed by atoms with E-state index in [9.17, 15) is 9.59 Å². The van der Waals surface area contributed by atoms with E-state index in [0.29, 0.717) is 32.6 Å². The Kier molecular flexibility index (Phi) is 5.86. The topological polar surface area (TPSA) is 71.5 Å². The van der Waals surface area contributed by atoms with E-state index >= 15 is 0 Å². The molecule has 3 heterocycles. The van der Waals surface area contributed by atoms with Crippen LogP contribution in [0.5, 0.6) is 0 Å². The Morgan fingerprint density at radius 1 is 1.21 bits per heavy atom. The number of nitrogens with zero attached hydrogens (tertiary/aromatic N) is 2. The van der Waals surface area contributed by atoms with E-state index in [0.717, 1.165) is 36.7 Å². The maximum absolute atomic E-state index is 12.4. The molecule has 2 atom stereocenters. The summed E-state index contributed by atoms with van der Waals surface area (Å²) in [5.41, 5.74) is 2.23. The Morgan fingerprint density at radius 2 is 2.11 bits per heavy atom. The summed E-state index contributed by atoms with van der Waals surface area (Å²) in [4.78, 5) is 30.6. The van der Waals surface area contributed by atoms with Gasteiger partial charge in [-0.25, -0.2) is 0 Å². The molecule has 6 nitrogen and oxygen atoms in total. The molecule has 1 N–H and O–H groups in total. The number of piperidine rings is 1. The second-order valence-corrected chi connectivity index (χ2v) is 7.75. The molecule has 28 heavy (non-hydrogen) atoms. The Labute approximate surface area is 165 Å². The van der Waals surface area contributed by atoms with Crippen molar-refractivity contribution in [2.45, 2.75) is 38.1 Å². The molecule has 2 aromatic rings. The number of benzene rings is 1. The first-order valence-corrected chi connectivity index (χ1v) is 10.2. The second kappa shape index (κ2) is 8.69. The molecule has 0 aliphatic carbocycles. The highest BCUT2D eigenvalue weighted by Crippen LogP contribution is 2.24. The van der Waals surface area contributed by atoms with Crippen LogP contribution in [-0.2, 0) is 20.7 Å². The van der Waals surface area contributed by atoms with E-state index in [-0.39, 0.29) is 23.8 Å². The van der Waals surface area contributed by atoms with E-state index in [1.807, 2.05) is 29.3 Å². The zero-order valence-corrected chi connectivity index (χ0v) is 16.1. The van der Waals surface area contributed by atoms with Crippen molar-refractivity contribution in [3.8, 4) is 0 Å². The zero-order valence-electron chi connectivity index (χ0n) is 16.1. The van der Waals surface area contributed by atoms with Gasteiger partial charge in [0.15, 0.2) is 0 Å². The molecule has 0 spiro atoms. The van der Waals surface area contributed by atoms with Gasteiger partial charge in [0.05, 0.1) is 24.8 Å². The van der Waals surface area contributed by atoms with Gasteiger partial charge in [-0.3, -0.25) is 14.6 Å². The van der Waals surface area contributed by atoms with Crippen LogP contribution in [0.4, 0.5) is 0 Å². The molecule has 1 aromatic carbocycles. The summed E-state index contributed by atoms with van der Waals surface area (Å²) in [5.74, 6) is 0.413. The Bertz CT molecular complexity index is 849. The molecule has 0 bridgehead atoms. The average molecular weight is 381 g/mol. The number of carbonyl (C=O) groups excluding carboxylic acids is 2. The van der Waals surface area contributed by atoms with Crippen molar-refractivity contribution in [1.29, 1.82) is 0 Å². The predicted octanol–water partition coefficient (Wildman–Crippen LogP) is 2.31. The number of pyridine rings is 1. The number of carbonyl (C=O) groups is 2. The van der Waals surface area contributed by atoms with Gasteiger partial charge in [-0.05, 0) is 37.0 Å². The lowest BCUT2D eigenvalue weighted by atomic mass is 9.93. The van der Waals surface area contributed by atoms with Crippen LogP contribution < -0.4 is 5.32 Å². The smallest absolute Gasteiger partial charge is 0.222 e. The number of aromatic nitrogens is 1. The number of ether oxygens (including phenoxy) is 1. The molecule has 2 saturated heterocycles. The van der Waals surface area contributed by atoms with E-state index in [1.165, 1.54) is 5.56 Å². The number of nitrogens with one attached hydrogen (secondary N) is 1. The summed E-state index contributed by atoms with van der Waals surface area (Å²) in [6.45, 7) is 2.47. The van der Waals surface area contributed by atoms with Gasteiger partial charge in [0.2, 0.25) is 11.8 Å². The van der Waals surface area contributed by atoms with Gasteiger partial charge in [-0.1, -0.05) is 18.2 Å². The van der Waals surface area contributed by atoms with Gasteiger partial charge >= 0.3 is 0 Å². The van der Waals surface area contributed by atoms with Crippen LogP contribution in [0.15, 0.2) is 36.5 Å². The number of likely N-dealkylation sites (tertiary alicyclic amines) is 1. The first kappa shape index (κ1) is 18.9. The number of para-hydroxylation sites is 1. The molecule has 148 valence electrons. The number of hydrogen-bond donors (Lipinski definition) is 1. The van der Waals surface area contributed by atoms with Gasteiger partial charge in [0.25, 0.3) is 0 Å². The van der Waals surface area contributed by atoms with E-state index in [1.54, 1.807) is 0 Å². The van der Waals surface area contributed by atoms with Crippen LogP contribution in [0.25, 0.3) is 10.9 Å². The SMILES string of the molecule is O=C(CCN1CCCCC1=O)N[C@H]1COC[C@H]1Cc1ccnc2ccccc12. The number of fused-ring (bicyclic) bond motifs is 1. The molecule has 2 aliphatic rings. The van der Waals surface area contributed by atoms with Gasteiger partial charge in [-0.2, -0.15) is 0 Å². The zero-order chi connectivity index (χ0) is 19.3. The largest absolute Gasteiger partial charge is 0.379 e. The lowest BCUT2D eigenvalue weighted by molar-refractivity contribution is -0.133. The van der Waals surface area contributed by atoms with Gasteiger partial charge < -0.3 is 15.0 Å². The standard InChI is InChI=1S/C22H27N3O3/c26-21(9-12-25-11-4-3-7-22(25)27)24-20-15-28-14-17(20)13-16-8-10-23-19-6-2-1-5-18(16)19/h1-2,5-6,8,10,17,20H,3-4,7,9,11-15H2,(H,24,26)/t17-,20+/m1/s1. The highest BCUT2D eigenvalue weighted by molar-refractivity contribution is 5.82. The van der Waals surface area contributed by atoms with E-state index in [4.69, 9.17) is 4.74 Å². The highest BCUT2D eigenvalue weighted by Gasteiger charge is 2.30. The van der Waals surface area contributed by atoms with Crippen LogP contribution in [0.3, 0.4) is 0 Å². The third-order valence-corrected chi connectivity index (χ3v) is 5.80. The highest BCUT2D eigenvalue weighted by atomic mass is 16.5. The maximum atomic E-state index is 12.4. The van der Waals surface area contributed by atoms with Crippen molar-refractivity contribution < 1.29 is 14.3 Å². The molecule has 2 amide bonds. The molecule has 4 rings (SSSR count). The van der Waals surface area contributed by atoms with E-state index in [2.05, 4.69) is 22.4 Å². The molecular weight excluding hydrogens is 354 g/mol. The Hall–Kier alpha value is -2.47. The third-order valence-electron chi connectivity index (χ3n) is 5.80. The predicted molar refractivity (Wildman–Crippen MR) is 107 cm³/mol. The van der Waals surface area contributed by atoms with Crippen molar-refractivity contribution in [1.82, 2.24) is 15.2 Å². The summed E-state index contributed by atoms with van der Waals surface area (Å²) in [6, 6.07) is 10.2. The monoisotopic (exact) mass is 381 g/mol. The van der Waals surface area contributed by atoms with Crippen molar-refractivity contribution in [3.63, 3.8) is 0 Å². The summed E-state index contributed by atoms with van der Waals surface area (Å²) in [6.07, 6.45) is 5.65. The summed E-state index contributed by atoms with van der Waals surface area (Å²) in [5, 5.41) is 4.29. The lowest BCUT2D eigenvalue weighted by Gasteiger charge is -2.27. The number of rotatable bonds is 6. The van der Waals surface area contributed by atoms with Gasteiger partial charge in [0.1, 0.15) is 0 Å². The van der Waals surface area contributed by atoms with Crippen LogP contribution in [0, 0.1) is 5.92 Å². The van der Waals surface area contributed by atoms with Crippen molar-refractivity contribution in [2.75, 3.05) is 26.3 Å². The normalized spacial score (nSPS) is 22.6. The first-order chi connectivity index (χ1) is 13.7.